The molecule has 0 N–H and O–H groups in total. The average molecular weight is 424 g/mol. The average Bonchev–Trinajstić information content (AvgIpc) is 3.49. The second kappa shape index (κ2) is 8.24. The maximum Gasteiger partial charge on any atom is 0.339 e. The lowest BCUT2D eigenvalue weighted by molar-refractivity contribution is 0.0601. The quantitative estimate of drug-likeness (QED) is 0.560. The van der Waals surface area contributed by atoms with Gasteiger partial charge in [0.15, 0.2) is 0 Å². The minimum atomic E-state index is -0.306. The van der Waals surface area contributed by atoms with E-state index >= 15 is 0 Å². The predicted molar refractivity (Wildman–Crippen MR) is 119 cm³/mol. The van der Waals surface area contributed by atoms with Gasteiger partial charge in [-0.15, -0.1) is 11.3 Å². The molecular weight excluding hydrogens is 398 g/mol. The topological polar surface area (TPSA) is 54.9 Å². The molecule has 6 nitrogen and oxygen atoms in total. The van der Waals surface area contributed by atoms with E-state index < -0.39 is 0 Å². The van der Waals surface area contributed by atoms with Crippen LogP contribution in [0.3, 0.4) is 0 Å². The van der Waals surface area contributed by atoms with E-state index in [2.05, 4.69) is 28.0 Å². The van der Waals surface area contributed by atoms with Gasteiger partial charge in [0.25, 0.3) is 0 Å². The van der Waals surface area contributed by atoms with Gasteiger partial charge in [-0.25, -0.2) is 9.78 Å². The predicted octanol–water partition coefficient (Wildman–Crippen LogP) is 3.95. The van der Waals surface area contributed by atoms with Gasteiger partial charge in [0.05, 0.1) is 41.2 Å². The smallest absolute Gasteiger partial charge is 0.339 e. The van der Waals surface area contributed by atoms with Gasteiger partial charge in [-0.1, -0.05) is 12.1 Å². The van der Waals surface area contributed by atoms with Crippen LogP contribution in [-0.2, 0) is 11.3 Å². The van der Waals surface area contributed by atoms with Gasteiger partial charge in [-0.3, -0.25) is 4.90 Å². The lowest BCUT2D eigenvalue weighted by Gasteiger charge is -2.36. The van der Waals surface area contributed by atoms with Gasteiger partial charge in [0.1, 0.15) is 10.8 Å². The van der Waals surface area contributed by atoms with Crippen LogP contribution in [0, 0.1) is 0 Å². The first-order chi connectivity index (χ1) is 14.7. The molecule has 1 saturated heterocycles. The molecular formula is C23H25N3O3S. The number of ether oxygens (including phenoxy) is 2. The molecule has 1 aliphatic carbocycles. The molecule has 30 heavy (non-hydrogen) atoms. The Morgan fingerprint density at radius 2 is 1.93 bits per heavy atom. The summed E-state index contributed by atoms with van der Waals surface area (Å²) < 4.78 is 12.2. The van der Waals surface area contributed by atoms with Crippen molar-refractivity contribution in [1.29, 1.82) is 0 Å². The van der Waals surface area contributed by atoms with Crippen LogP contribution in [0.2, 0.25) is 0 Å². The number of rotatable bonds is 6. The fraction of sp³-hybridized carbons (Fsp3) is 0.391. The molecule has 2 fully saturated rings. The zero-order chi connectivity index (χ0) is 20.5. The first-order valence-corrected chi connectivity index (χ1v) is 11.2. The number of benzene rings is 2. The van der Waals surface area contributed by atoms with Crippen molar-refractivity contribution in [1.82, 2.24) is 9.88 Å². The fourth-order valence-electron chi connectivity index (χ4n) is 3.83. The third kappa shape index (κ3) is 4.13. The molecule has 1 aromatic heterocycles. The third-order valence-electron chi connectivity index (χ3n) is 5.61. The SMILES string of the molecule is COC(=O)c1ccc(OC2CC2)cc1N1CCN(Cc2nc3ccccc3s2)CC1. The Kier molecular flexibility index (Phi) is 5.31. The molecule has 0 radical (unpaired) electrons. The number of thiazole rings is 1. The van der Waals surface area contributed by atoms with Crippen molar-refractivity contribution in [3.05, 3.63) is 53.0 Å². The molecule has 156 valence electrons. The Labute approximate surface area is 180 Å². The largest absolute Gasteiger partial charge is 0.490 e. The summed E-state index contributed by atoms with van der Waals surface area (Å²) in [4.78, 5) is 21.8. The molecule has 2 aliphatic rings. The number of carbonyl (C=O) groups is 1. The minimum absolute atomic E-state index is 0.306. The number of carbonyl (C=O) groups excluding carboxylic acids is 1. The van der Waals surface area contributed by atoms with Crippen LogP contribution in [0.1, 0.15) is 28.2 Å². The zero-order valence-corrected chi connectivity index (χ0v) is 17.9. The van der Waals surface area contributed by atoms with Crippen molar-refractivity contribution in [2.24, 2.45) is 0 Å². The summed E-state index contributed by atoms with van der Waals surface area (Å²) >= 11 is 1.77. The van der Waals surface area contributed by atoms with E-state index in [1.54, 1.807) is 11.3 Å². The molecule has 1 aliphatic heterocycles. The third-order valence-corrected chi connectivity index (χ3v) is 6.63. The van der Waals surface area contributed by atoms with Gasteiger partial charge in [0.2, 0.25) is 0 Å². The first kappa shape index (κ1) is 19.3. The second-order valence-corrected chi connectivity index (χ2v) is 8.94. The molecule has 0 spiro atoms. The highest BCUT2D eigenvalue weighted by molar-refractivity contribution is 7.18. The van der Waals surface area contributed by atoms with E-state index in [-0.39, 0.29) is 5.97 Å². The molecule has 0 bridgehead atoms. The van der Waals surface area contributed by atoms with Crippen LogP contribution in [0.5, 0.6) is 5.75 Å². The van der Waals surface area contributed by atoms with Crippen LogP contribution >= 0.6 is 11.3 Å². The summed E-state index contributed by atoms with van der Waals surface area (Å²) in [5.41, 5.74) is 2.58. The number of fused-ring (bicyclic) bond motifs is 1. The molecule has 0 atom stereocenters. The van der Waals surface area contributed by atoms with E-state index in [1.165, 1.54) is 11.8 Å². The van der Waals surface area contributed by atoms with Crippen molar-refractivity contribution < 1.29 is 14.3 Å². The lowest BCUT2D eigenvalue weighted by atomic mass is 10.1. The molecule has 5 rings (SSSR count). The van der Waals surface area contributed by atoms with E-state index in [1.807, 2.05) is 24.3 Å². The molecule has 0 amide bonds. The van der Waals surface area contributed by atoms with E-state index in [4.69, 9.17) is 14.5 Å². The Hall–Kier alpha value is -2.64. The number of para-hydroxylation sites is 1. The Morgan fingerprint density at radius 1 is 1.13 bits per heavy atom. The van der Waals surface area contributed by atoms with Gasteiger partial charge >= 0.3 is 5.97 Å². The van der Waals surface area contributed by atoms with Crippen molar-refractivity contribution in [3.63, 3.8) is 0 Å². The minimum Gasteiger partial charge on any atom is -0.490 e. The molecule has 3 aromatic rings. The highest BCUT2D eigenvalue weighted by atomic mass is 32.1. The highest BCUT2D eigenvalue weighted by Crippen LogP contribution is 2.32. The number of anilines is 1. The number of methoxy groups -OCH3 is 1. The van der Waals surface area contributed by atoms with Crippen LogP contribution < -0.4 is 9.64 Å². The van der Waals surface area contributed by atoms with E-state index in [0.29, 0.717) is 11.7 Å². The monoisotopic (exact) mass is 423 g/mol. The number of hydrogen-bond donors (Lipinski definition) is 0. The molecule has 7 heteroatoms. The Balaban J connectivity index is 1.28. The standard InChI is InChI=1S/C23H25N3O3S/c1-28-23(27)18-9-8-17(29-16-6-7-16)14-20(18)26-12-10-25(11-13-26)15-22-24-19-4-2-3-5-21(19)30-22/h2-5,8-9,14,16H,6-7,10-13,15H2,1H3. The molecule has 1 saturated carbocycles. The van der Waals surface area contributed by atoms with Crippen LogP contribution in [0.4, 0.5) is 5.69 Å². The summed E-state index contributed by atoms with van der Waals surface area (Å²) in [7, 11) is 1.43. The maximum absolute atomic E-state index is 12.3. The van der Waals surface area contributed by atoms with Crippen molar-refractivity contribution >= 4 is 33.2 Å². The van der Waals surface area contributed by atoms with Crippen molar-refractivity contribution in [3.8, 4) is 5.75 Å². The van der Waals surface area contributed by atoms with Gasteiger partial charge in [-0.05, 0) is 37.1 Å². The van der Waals surface area contributed by atoms with Gasteiger partial charge in [0, 0.05) is 32.2 Å². The Bertz CT molecular complexity index is 1020. The summed E-state index contributed by atoms with van der Waals surface area (Å²) in [5, 5.41) is 1.15. The van der Waals surface area contributed by atoms with Crippen LogP contribution in [0.15, 0.2) is 42.5 Å². The van der Waals surface area contributed by atoms with Gasteiger partial charge < -0.3 is 14.4 Å². The van der Waals surface area contributed by atoms with Gasteiger partial charge in [-0.2, -0.15) is 0 Å². The number of nitrogens with zero attached hydrogens (tertiary/aromatic N) is 3. The summed E-state index contributed by atoms with van der Waals surface area (Å²) in [5.74, 6) is 0.525. The second-order valence-electron chi connectivity index (χ2n) is 7.83. The fourth-order valence-corrected chi connectivity index (χ4v) is 4.84. The number of aromatic nitrogens is 1. The van der Waals surface area contributed by atoms with E-state index in [9.17, 15) is 4.79 Å². The van der Waals surface area contributed by atoms with Crippen LogP contribution in [-0.4, -0.2) is 55.2 Å². The van der Waals surface area contributed by atoms with E-state index in [0.717, 1.165) is 67.5 Å². The number of esters is 1. The molecule has 2 aromatic carbocycles. The number of hydrogen-bond acceptors (Lipinski definition) is 7. The zero-order valence-electron chi connectivity index (χ0n) is 17.0. The first-order valence-electron chi connectivity index (χ1n) is 10.4. The molecule has 0 unspecified atom stereocenters. The normalized spacial score (nSPS) is 17.3. The lowest BCUT2D eigenvalue weighted by Crippen LogP contribution is -2.46. The highest BCUT2D eigenvalue weighted by Gasteiger charge is 2.26. The Morgan fingerprint density at radius 3 is 2.67 bits per heavy atom. The maximum atomic E-state index is 12.3. The summed E-state index contributed by atoms with van der Waals surface area (Å²) in [6, 6.07) is 14.0. The summed E-state index contributed by atoms with van der Waals surface area (Å²) in [6.07, 6.45) is 2.55. The summed E-state index contributed by atoms with van der Waals surface area (Å²) in [6.45, 7) is 4.40. The molecule has 2 heterocycles. The van der Waals surface area contributed by atoms with Crippen LogP contribution in [0.25, 0.3) is 10.2 Å². The van der Waals surface area contributed by atoms with Crippen molar-refractivity contribution in [2.45, 2.75) is 25.5 Å². The number of piperazine rings is 1. The van der Waals surface area contributed by atoms with Crippen molar-refractivity contribution in [2.75, 3.05) is 38.2 Å².